The van der Waals surface area contributed by atoms with E-state index in [1.807, 2.05) is 0 Å². The fourth-order valence-electron chi connectivity index (χ4n) is 10.1. The van der Waals surface area contributed by atoms with E-state index in [2.05, 4.69) is 51.0 Å². The number of halogens is 18. The second-order valence-corrected chi connectivity index (χ2v) is 28.1. The van der Waals surface area contributed by atoms with Gasteiger partial charge >= 0.3 is 62.7 Å². The normalized spacial score (nSPS) is 14.9. The molecular weight excluding hydrogens is 1580 g/mol. The summed E-state index contributed by atoms with van der Waals surface area (Å²) < 4.78 is 205. The number of hydrogen-bond acceptors (Lipinski definition) is 20. The molecule has 2 saturated carbocycles. The van der Waals surface area contributed by atoms with Crippen LogP contribution in [0.15, 0.2) is 98.1 Å². The predicted molar refractivity (Wildman–Crippen MR) is 366 cm³/mol. The molecule has 8 aromatic rings. The fourth-order valence-corrected chi connectivity index (χ4v) is 10.9. The van der Waals surface area contributed by atoms with E-state index in [4.69, 9.17) is 81.9 Å². The Morgan fingerprint density at radius 3 is 1.02 bits per heavy atom. The lowest BCUT2D eigenvalue weighted by atomic mass is 10.0. The van der Waals surface area contributed by atoms with Gasteiger partial charge in [-0.15, -0.1) is 0 Å². The van der Waals surface area contributed by atoms with Crippen LogP contribution in [0.1, 0.15) is 153 Å². The third kappa shape index (κ3) is 23.5. The van der Waals surface area contributed by atoms with E-state index in [-0.39, 0.29) is 105 Å². The molecule has 4 atom stereocenters. The van der Waals surface area contributed by atoms with Crippen LogP contribution in [0.5, 0.6) is 0 Å². The lowest BCUT2D eigenvalue weighted by Gasteiger charge is -2.25. The summed E-state index contributed by atoms with van der Waals surface area (Å²) in [7, 11) is 0. The molecule has 10 rings (SSSR count). The SMILES string of the molecule is CC(C)(C)OC(=O)N[C@H](CO)c1ccc(Cl)c(-c2ncnn2C(F)F)c1.CC(C)(C)OC(=O)N[C@H](COC(=O)CC1(C(F)(F)F)CC1)c1ccc(Cl)c(-c2ncnn2C(F)F)c1.N[C@H](CO)c1ccc(Cl)c(-c2ncnn2C(F)F)c1.N[C@H](COC(=O)CC1(C(F)(F)F)CC1)c1ccc(Cl)c(-c2ncnn2C(F)F)c1. The first-order valence-electron chi connectivity index (χ1n) is 32.4. The van der Waals surface area contributed by atoms with E-state index in [9.17, 15) is 85.8 Å². The number of carbonyl (C=O) groups is 4. The molecule has 4 aromatic heterocycles. The Bertz CT molecular complexity index is 4450. The van der Waals surface area contributed by atoms with Crippen LogP contribution in [0.3, 0.4) is 0 Å². The second-order valence-electron chi connectivity index (χ2n) is 26.4. The molecule has 8 N–H and O–H groups in total. The number of ether oxygens (including phenoxy) is 4. The Morgan fingerprint density at radius 2 is 0.736 bits per heavy atom. The average molecular weight is 1660 g/mol. The lowest BCUT2D eigenvalue weighted by molar-refractivity contribution is -0.195. The molecule has 0 saturated heterocycles. The van der Waals surface area contributed by atoms with E-state index in [1.165, 1.54) is 60.7 Å². The third-order valence-electron chi connectivity index (χ3n) is 16.1. The summed E-state index contributed by atoms with van der Waals surface area (Å²) in [4.78, 5) is 63.5. The number of carbonyl (C=O) groups excluding carboxylic acids is 4. The highest BCUT2D eigenvalue weighted by molar-refractivity contribution is 6.34. The zero-order valence-electron chi connectivity index (χ0n) is 58.4. The largest absolute Gasteiger partial charge is 0.464 e. The third-order valence-corrected chi connectivity index (χ3v) is 17.4. The zero-order chi connectivity index (χ0) is 81.8. The van der Waals surface area contributed by atoms with E-state index in [0.717, 1.165) is 25.3 Å². The molecule has 2 aliphatic rings. The van der Waals surface area contributed by atoms with Crippen molar-refractivity contribution in [2.45, 2.75) is 154 Å². The van der Waals surface area contributed by atoms with Crippen molar-refractivity contribution in [2.24, 2.45) is 22.3 Å². The number of alkyl halides is 14. The first kappa shape index (κ1) is 88.2. The highest BCUT2D eigenvalue weighted by Crippen LogP contribution is 2.61. The molecule has 2 amide bonds. The van der Waals surface area contributed by atoms with Gasteiger partial charge in [0.25, 0.3) is 0 Å². The van der Waals surface area contributed by atoms with Gasteiger partial charge in [-0.05, 0) is 138 Å². The van der Waals surface area contributed by atoms with E-state index in [1.54, 1.807) is 53.7 Å². The summed E-state index contributed by atoms with van der Waals surface area (Å²) in [6, 6.07) is 14.1. The maximum absolute atomic E-state index is 13.3. The topological polar surface area (TPSA) is 345 Å². The van der Waals surface area contributed by atoms with Gasteiger partial charge in [-0.2, -0.15) is 101 Å². The van der Waals surface area contributed by atoms with Crippen LogP contribution >= 0.6 is 46.4 Å². The molecule has 26 nitrogen and oxygen atoms in total. The van der Waals surface area contributed by atoms with Gasteiger partial charge in [-0.3, -0.25) is 9.59 Å². The van der Waals surface area contributed by atoms with Gasteiger partial charge in [0, 0.05) is 22.3 Å². The lowest BCUT2D eigenvalue weighted by Crippen LogP contribution is -2.37. The van der Waals surface area contributed by atoms with Gasteiger partial charge in [0.15, 0.2) is 23.3 Å². The minimum absolute atomic E-state index is 0.0440. The Hall–Kier alpha value is -9.06. The number of hydrogen-bond donors (Lipinski definition) is 6. The van der Waals surface area contributed by atoms with Crippen LogP contribution in [0.4, 0.5) is 71.1 Å². The Morgan fingerprint density at radius 1 is 0.455 bits per heavy atom. The maximum Gasteiger partial charge on any atom is 0.408 e. The molecule has 0 spiro atoms. The van der Waals surface area contributed by atoms with Crippen LogP contribution in [-0.4, -0.2) is 143 Å². The Labute approximate surface area is 636 Å². The van der Waals surface area contributed by atoms with Crippen LogP contribution in [0.25, 0.3) is 45.6 Å². The van der Waals surface area contributed by atoms with Crippen molar-refractivity contribution in [3.63, 3.8) is 0 Å². The van der Waals surface area contributed by atoms with Gasteiger partial charge in [-0.1, -0.05) is 70.7 Å². The van der Waals surface area contributed by atoms with Crippen molar-refractivity contribution in [3.8, 4) is 45.6 Å². The Balaban J connectivity index is 0.000000208. The van der Waals surface area contributed by atoms with Crippen molar-refractivity contribution in [3.05, 3.63) is 140 Å². The second kappa shape index (κ2) is 36.8. The van der Waals surface area contributed by atoms with Crippen molar-refractivity contribution >= 4 is 70.5 Å². The molecule has 2 aliphatic carbocycles. The van der Waals surface area contributed by atoms with Crippen LogP contribution in [0, 0.1) is 10.8 Å². The molecule has 110 heavy (non-hydrogen) atoms. The number of esters is 2. The highest BCUT2D eigenvalue weighted by atomic mass is 35.5. The quantitative estimate of drug-likeness (QED) is 0.0186. The summed E-state index contributed by atoms with van der Waals surface area (Å²) in [5, 5.41) is 38.0. The van der Waals surface area contributed by atoms with Gasteiger partial charge in [0.05, 0.1) is 81.1 Å². The summed E-state index contributed by atoms with van der Waals surface area (Å²) in [6.07, 6.45) is -8.90. The molecule has 0 aliphatic heterocycles. The molecule has 0 bridgehead atoms. The monoisotopic (exact) mass is 1650 g/mol. The minimum atomic E-state index is -4.54. The fraction of sp³-hybridized carbons (Fsp3) is 0.455. The first-order chi connectivity index (χ1) is 51.3. The number of aromatic nitrogens is 12. The number of nitrogens with two attached hydrogens (primary N) is 2. The molecule has 4 aromatic carbocycles. The summed E-state index contributed by atoms with van der Waals surface area (Å²) in [5.74, 6) is -2.70. The molecule has 0 radical (unpaired) electrons. The molecule has 2 fully saturated rings. The van der Waals surface area contributed by atoms with Crippen LogP contribution < -0.4 is 22.1 Å². The number of alkyl carbamates (subject to hydrolysis) is 2. The van der Waals surface area contributed by atoms with Crippen molar-refractivity contribution < 1.29 is 110 Å². The minimum Gasteiger partial charge on any atom is -0.464 e. The molecule has 600 valence electrons. The molecule has 4 heterocycles. The number of nitrogens with zero attached hydrogens (tertiary/aromatic N) is 12. The highest BCUT2D eigenvalue weighted by Gasteiger charge is 2.65. The Kier molecular flexibility index (Phi) is 29.5. The molecule has 44 heteroatoms. The standard InChI is InChI=1S/C22H24ClF5N4O4.C17H16ClF5N4O2.C16H19ClF2N4O3.C11H11ClF2N4O/c1-20(2,3)36-19(34)31-15(10-35-16(33)9-21(6-7-21)22(26,27)28)12-4-5-14(23)13(8-12)17-29-11-30-32(17)18(24)25;18-11-2-1-9(5-10(11)14-25-8-26-27(14)15(19)20)12(24)7-29-13(28)6-16(3-4-16)17(21,22)23;1-16(2,3)26-15(25)22-12(7-24)9-4-5-11(17)10(6-9)13-20-8-21-23(13)14(18)19;12-8-2-1-6(9(15)4-19)3-7(8)10-16-5-17-18(10)11(13)14/h4-5,8,11,15,18H,6-7,9-10H2,1-3H3,(H,31,34);1-2,5,8,12,15H,3-4,6-7,24H2;4-6,8,12,14,24H,7H2,1-3H3,(H,22,25);1-3,5,9,11,19H,4,15H2/t15-;2*12-;9-/m1111/s1. The van der Waals surface area contributed by atoms with Gasteiger partial charge in [0.2, 0.25) is 0 Å². The number of amides is 2. The molecular formula is C66H70Cl4F14N16O10. The van der Waals surface area contributed by atoms with Gasteiger partial charge < -0.3 is 51.3 Å². The summed E-state index contributed by atoms with van der Waals surface area (Å²) >= 11 is 24.3. The first-order valence-corrected chi connectivity index (χ1v) is 33.9. The van der Waals surface area contributed by atoms with Crippen molar-refractivity contribution in [1.29, 1.82) is 0 Å². The number of rotatable bonds is 24. The van der Waals surface area contributed by atoms with Gasteiger partial charge in [-0.25, -0.2) is 29.5 Å². The van der Waals surface area contributed by atoms with Crippen LogP contribution in [-0.2, 0) is 28.5 Å². The van der Waals surface area contributed by atoms with Crippen molar-refractivity contribution in [1.82, 2.24) is 69.7 Å². The smallest absolute Gasteiger partial charge is 0.408 e. The number of benzene rings is 4. The predicted octanol–water partition coefficient (Wildman–Crippen LogP) is 15.6. The van der Waals surface area contributed by atoms with E-state index in [0.29, 0.717) is 41.0 Å². The maximum atomic E-state index is 13.3. The number of aliphatic hydroxyl groups is 2. The molecule has 0 unspecified atom stereocenters. The van der Waals surface area contributed by atoms with Crippen molar-refractivity contribution in [2.75, 3.05) is 26.4 Å². The summed E-state index contributed by atoms with van der Waals surface area (Å²) in [6.45, 7) is -3.30. The van der Waals surface area contributed by atoms with Gasteiger partial charge in [0.1, 0.15) is 49.7 Å². The average Bonchev–Trinajstić information content (AvgIpc) is 1.61. The summed E-state index contributed by atoms with van der Waals surface area (Å²) in [5.41, 5.74) is 8.26. The van der Waals surface area contributed by atoms with Crippen LogP contribution in [0.2, 0.25) is 20.1 Å². The van der Waals surface area contributed by atoms with E-state index < -0.39 is 135 Å². The number of nitrogens with one attached hydrogen (secondary N) is 2. The van der Waals surface area contributed by atoms with E-state index >= 15 is 0 Å². The number of aliphatic hydroxyl groups excluding tert-OH is 2. The zero-order valence-corrected chi connectivity index (χ0v) is 61.4.